The smallest absolute Gasteiger partial charge is 0.326 e. The third-order valence-electron chi connectivity index (χ3n) is 3.50. The fraction of sp³-hybridized carbons (Fsp3) is 0.421. The topological polar surface area (TPSA) is 84.5 Å². The lowest BCUT2D eigenvalue weighted by atomic mass is 9.87. The zero-order chi connectivity index (χ0) is 19.0. The molecule has 1 aromatic carbocycles. The summed E-state index contributed by atoms with van der Waals surface area (Å²) in [5.74, 6) is -1.47. The summed E-state index contributed by atoms with van der Waals surface area (Å²) in [6, 6.07) is 7.21. The van der Waals surface area contributed by atoms with Gasteiger partial charge in [-0.15, -0.1) is 6.58 Å². The average Bonchev–Trinajstić information content (AvgIpc) is 2.56. The van der Waals surface area contributed by atoms with Gasteiger partial charge in [0.1, 0.15) is 6.54 Å². The van der Waals surface area contributed by atoms with Crippen molar-refractivity contribution in [3.8, 4) is 0 Å². The number of hydrogen-bond acceptors (Lipinski definition) is 4. The summed E-state index contributed by atoms with van der Waals surface area (Å²) in [7, 11) is 0. The fourth-order valence-electron chi connectivity index (χ4n) is 1.98. The van der Waals surface area contributed by atoms with E-state index >= 15 is 0 Å². The van der Waals surface area contributed by atoms with Crippen molar-refractivity contribution in [1.82, 2.24) is 10.6 Å². The molecule has 0 aromatic heterocycles. The van der Waals surface area contributed by atoms with Crippen molar-refractivity contribution in [2.75, 3.05) is 13.1 Å². The van der Waals surface area contributed by atoms with E-state index in [-0.39, 0.29) is 17.9 Å². The van der Waals surface area contributed by atoms with Crippen molar-refractivity contribution < 1.29 is 19.1 Å². The molecule has 0 bridgehead atoms. The molecule has 0 saturated carbocycles. The van der Waals surface area contributed by atoms with E-state index in [2.05, 4.69) is 38.0 Å². The molecule has 0 fully saturated rings. The summed E-state index contributed by atoms with van der Waals surface area (Å²) >= 11 is 0. The maximum Gasteiger partial charge on any atom is 0.326 e. The molecule has 0 aliphatic heterocycles. The molecular weight excluding hydrogens is 320 g/mol. The number of rotatable bonds is 7. The van der Waals surface area contributed by atoms with Crippen LogP contribution < -0.4 is 10.6 Å². The van der Waals surface area contributed by atoms with Crippen LogP contribution in [0.3, 0.4) is 0 Å². The van der Waals surface area contributed by atoms with Gasteiger partial charge in [0.15, 0.2) is 6.10 Å². The zero-order valence-electron chi connectivity index (χ0n) is 15.2. The molecule has 2 N–H and O–H groups in total. The molecule has 1 rings (SSSR count). The highest BCUT2D eigenvalue weighted by atomic mass is 16.5. The Labute approximate surface area is 148 Å². The summed E-state index contributed by atoms with van der Waals surface area (Å²) in [5, 5.41) is 5.01. The zero-order valence-corrected chi connectivity index (χ0v) is 15.2. The van der Waals surface area contributed by atoms with Gasteiger partial charge in [0.05, 0.1) is 0 Å². The first-order valence-electron chi connectivity index (χ1n) is 8.12. The number of ether oxygens (including phenoxy) is 1. The highest BCUT2D eigenvalue weighted by Crippen LogP contribution is 2.22. The van der Waals surface area contributed by atoms with Gasteiger partial charge < -0.3 is 15.4 Å². The van der Waals surface area contributed by atoms with Gasteiger partial charge in [-0.05, 0) is 30.0 Å². The molecule has 6 nitrogen and oxygen atoms in total. The molecule has 0 heterocycles. The summed E-state index contributed by atoms with van der Waals surface area (Å²) < 4.78 is 4.96. The molecule has 2 amide bonds. The summed E-state index contributed by atoms with van der Waals surface area (Å²) in [5.41, 5.74) is 1.57. The molecule has 1 unspecified atom stereocenters. The third-order valence-corrected chi connectivity index (χ3v) is 3.50. The van der Waals surface area contributed by atoms with Crippen LogP contribution in [0.4, 0.5) is 0 Å². The first kappa shape index (κ1) is 20.4. The highest BCUT2D eigenvalue weighted by Gasteiger charge is 2.18. The summed E-state index contributed by atoms with van der Waals surface area (Å²) in [4.78, 5) is 35.4. The van der Waals surface area contributed by atoms with Crippen LogP contribution in [0.2, 0.25) is 0 Å². The number of carbonyl (C=O) groups excluding carboxylic acids is 3. The van der Waals surface area contributed by atoms with E-state index in [0.717, 1.165) is 5.56 Å². The Kier molecular flexibility index (Phi) is 7.36. The van der Waals surface area contributed by atoms with Crippen molar-refractivity contribution in [2.45, 2.75) is 39.2 Å². The van der Waals surface area contributed by atoms with Gasteiger partial charge in [-0.3, -0.25) is 14.4 Å². The number of carbonyl (C=O) groups is 3. The van der Waals surface area contributed by atoms with Crippen LogP contribution in [0.25, 0.3) is 0 Å². The molecule has 0 saturated heterocycles. The molecule has 0 aliphatic rings. The van der Waals surface area contributed by atoms with Crippen LogP contribution >= 0.6 is 0 Å². The predicted octanol–water partition coefficient (Wildman–Crippen LogP) is 1.95. The first-order chi connectivity index (χ1) is 11.6. The second-order valence-corrected chi connectivity index (χ2v) is 6.68. The van der Waals surface area contributed by atoms with Crippen LogP contribution in [0.15, 0.2) is 36.9 Å². The lowest BCUT2D eigenvalue weighted by Crippen LogP contribution is -2.38. The minimum absolute atomic E-state index is 0.00111. The molecule has 1 atom stereocenters. The number of esters is 1. The maximum atomic E-state index is 12.1. The van der Waals surface area contributed by atoms with Gasteiger partial charge in [0.25, 0.3) is 11.8 Å². The molecule has 1 aromatic rings. The van der Waals surface area contributed by atoms with Crippen LogP contribution in [0.1, 0.15) is 43.6 Å². The Morgan fingerprint density at radius 2 is 1.76 bits per heavy atom. The number of amides is 2. The molecular formula is C19H26N2O4. The van der Waals surface area contributed by atoms with E-state index in [1.807, 2.05) is 12.1 Å². The standard InChI is InChI=1S/C19H26N2O4/c1-6-11-20-17(23)13(2)25-16(22)12-21-18(24)14-7-9-15(10-8-14)19(3,4)5/h6-10,13H,1,11-12H2,2-5H3,(H,20,23)(H,21,24). The van der Waals surface area contributed by atoms with Crippen molar-refractivity contribution in [3.05, 3.63) is 48.0 Å². The largest absolute Gasteiger partial charge is 0.451 e. The van der Waals surface area contributed by atoms with E-state index in [0.29, 0.717) is 12.1 Å². The van der Waals surface area contributed by atoms with Gasteiger partial charge in [0, 0.05) is 12.1 Å². The number of nitrogens with one attached hydrogen (secondary N) is 2. The highest BCUT2D eigenvalue weighted by molar-refractivity contribution is 5.96. The van der Waals surface area contributed by atoms with Crippen LogP contribution in [0, 0.1) is 0 Å². The average molecular weight is 346 g/mol. The summed E-state index contributed by atoms with van der Waals surface area (Å²) in [6.45, 7) is 11.2. The number of hydrogen-bond donors (Lipinski definition) is 2. The van der Waals surface area contributed by atoms with Crippen molar-refractivity contribution in [2.24, 2.45) is 0 Å². The lowest BCUT2D eigenvalue weighted by molar-refractivity contribution is -0.153. The number of benzene rings is 1. The van der Waals surface area contributed by atoms with Crippen molar-refractivity contribution in [3.63, 3.8) is 0 Å². The van der Waals surface area contributed by atoms with E-state index < -0.39 is 18.0 Å². The van der Waals surface area contributed by atoms with E-state index in [1.165, 1.54) is 13.0 Å². The van der Waals surface area contributed by atoms with E-state index in [1.54, 1.807) is 12.1 Å². The van der Waals surface area contributed by atoms with Gasteiger partial charge in [-0.25, -0.2) is 0 Å². The Morgan fingerprint density at radius 3 is 2.28 bits per heavy atom. The Morgan fingerprint density at radius 1 is 1.16 bits per heavy atom. The second kappa shape index (κ2) is 9.01. The quantitative estimate of drug-likeness (QED) is 0.584. The molecule has 0 radical (unpaired) electrons. The van der Waals surface area contributed by atoms with Crippen molar-refractivity contribution in [1.29, 1.82) is 0 Å². The predicted molar refractivity (Wildman–Crippen MR) is 96.2 cm³/mol. The lowest BCUT2D eigenvalue weighted by Gasteiger charge is -2.19. The molecule has 25 heavy (non-hydrogen) atoms. The minimum atomic E-state index is -0.935. The second-order valence-electron chi connectivity index (χ2n) is 6.68. The van der Waals surface area contributed by atoms with Crippen LogP contribution in [0.5, 0.6) is 0 Å². The maximum absolute atomic E-state index is 12.1. The first-order valence-corrected chi connectivity index (χ1v) is 8.12. The van der Waals surface area contributed by atoms with Crippen molar-refractivity contribution >= 4 is 17.8 Å². The van der Waals surface area contributed by atoms with Gasteiger partial charge in [0.2, 0.25) is 0 Å². The third kappa shape index (κ3) is 6.79. The van der Waals surface area contributed by atoms with Gasteiger partial charge >= 0.3 is 5.97 Å². The Bertz CT molecular complexity index is 630. The Balaban J connectivity index is 2.49. The van der Waals surface area contributed by atoms with Gasteiger partial charge in [-0.2, -0.15) is 0 Å². The monoisotopic (exact) mass is 346 g/mol. The summed E-state index contributed by atoms with van der Waals surface area (Å²) in [6.07, 6.45) is 0.591. The van der Waals surface area contributed by atoms with E-state index in [9.17, 15) is 14.4 Å². The molecule has 136 valence electrons. The SMILES string of the molecule is C=CCNC(=O)C(C)OC(=O)CNC(=O)c1ccc(C(C)(C)C)cc1. The molecule has 0 spiro atoms. The normalized spacial score (nSPS) is 12.0. The fourth-order valence-corrected chi connectivity index (χ4v) is 1.98. The Hall–Kier alpha value is -2.63. The molecule has 0 aliphatic carbocycles. The minimum Gasteiger partial charge on any atom is -0.451 e. The van der Waals surface area contributed by atoms with E-state index in [4.69, 9.17) is 4.74 Å². The molecule has 6 heteroatoms. The van der Waals surface area contributed by atoms with Crippen LogP contribution in [-0.2, 0) is 19.7 Å². The van der Waals surface area contributed by atoms with Crippen LogP contribution in [-0.4, -0.2) is 37.0 Å². The van der Waals surface area contributed by atoms with Gasteiger partial charge in [-0.1, -0.05) is 39.0 Å².